The molecule has 0 radical (unpaired) electrons. The number of hydrogen-bond donors (Lipinski definition) is 1. The number of rotatable bonds is 4. The van der Waals surface area contributed by atoms with E-state index in [-0.39, 0.29) is 12.7 Å². The van der Waals surface area contributed by atoms with E-state index in [0.717, 1.165) is 0 Å². The van der Waals surface area contributed by atoms with E-state index in [1.165, 1.54) is 12.1 Å². The van der Waals surface area contributed by atoms with Gasteiger partial charge in [0.1, 0.15) is 0 Å². The van der Waals surface area contributed by atoms with Gasteiger partial charge in [-0.15, -0.1) is 0 Å². The Hall–Kier alpha value is -2.28. The molecule has 0 bridgehead atoms. The monoisotopic (exact) mass is 323 g/mol. The Balaban J connectivity index is 1.68. The molecule has 0 spiro atoms. The van der Waals surface area contributed by atoms with Crippen molar-refractivity contribution in [2.45, 2.75) is 10.7 Å². The number of ether oxygens (including phenoxy) is 2. The smallest absolute Gasteiger partial charge is 0.288 e. The second-order valence-corrected chi connectivity index (χ2v) is 5.49. The van der Waals surface area contributed by atoms with Crippen molar-refractivity contribution in [2.24, 2.45) is 0 Å². The Bertz CT molecular complexity index is 692. The summed E-state index contributed by atoms with van der Waals surface area (Å²) in [6.45, 7) is 0.143. The average molecular weight is 323 g/mol. The van der Waals surface area contributed by atoms with Crippen LogP contribution in [0.4, 0.5) is 14.5 Å². The third kappa shape index (κ3) is 3.30. The number of benzene rings is 2. The SMILES string of the molecule is O=C(Nc1ccc(SC(F)F)cc1)c1ccc2c(c1)OCO2. The van der Waals surface area contributed by atoms with E-state index in [1.807, 2.05) is 0 Å². The minimum atomic E-state index is -2.46. The van der Waals surface area contributed by atoms with Gasteiger partial charge in [-0.2, -0.15) is 8.78 Å². The minimum absolute atomic E-state index is 0.143. The molecule has 2 aromatic carbocycles. The van der Waals surface area contributed by atoms with Crippen molar-refractivity contribution in [1.29, 1.82) is 0 Å². The molecule has 0 unspecified atom stereocenters. The number of fused-ring (bicyclic) bond motifs is 1. The van der Waals surface area contributed by atoms with Gasteiger partial charge >= 0.3 is 0 Å². The zero-order valence-corrected chi connectivity index (χ0v) is 12.0. The minimum Gasteiger partial charge on any atom is -0.454 e. The van der Waals surface area contributed by atoms with E-state index >= 15 is 0 Å². The molecule has 2 aromatic rings. The number of carbonyl (C=O) groups excluding carboxylic acids is 1. The first-order valence-electron chi connectivity index (χ1n) is 6.38. The van der Waals surface area contributed by atoms with Crippen molar-refractivity contribution in [3.63, 3.8) is 0 Å². The average Bonchev–Trinajstić information content (AvgIpc) is 2.96. The van der Waals surface area contributed by atoms with Gasteiger partial charge in [-0.1, -0.05) is 11.8 Å². The Morgan fingerprint density at radius 3 is 2.55 bits per heavy atom. The predicted octanol–water partition coefficient (Wildman–Crippen LogP) is 3.98. The molecular weight excluding hydrogens is 312 g/mol. The van der Waals surface area contributed by atoms with Crippen LogP contribution in [0.2, 0.25) is 0 Å². The molecule has 114 valence electrons. The maximum Gasteiger partial charge on any atom is 0.288 e. The highest BCUT2D eigenvalue weighted by Gasteiger charge is 2.16. The van der Waals surface area contributed by atoms with Gasteiger partial charge in [0.25, 0.3) is 11.7 Å². The molecule has 1 N–H and O–H groups in total. The summed E-state index contributed by atoms with van der Waals surface area (Å²) in [7, 11) is 0. The second-order valence-electron chi connectivity index (χ2n) is 4.43. The fraction of sp³-hybridized carbons (Fsp3) is 0.133. The summed E-state index contributed by atoms with van der Waals surface area (Å²) >= 11 is 0.459. The van der Waals surface area contributed by atoms with Crippen LogP contribution >= 0.6 is 11.8 Å². The first kappa shape index (κ1) is 14.6. The Morgan fingerprint density at radius 2 is 1.82 bits per heavy atom. The third-order valence-corrected chi connectivity index (χ3v) is 3.69. The van der Waals surface area contributed by atoms with Crippen LogP contribution in [-0.2, 0) is 0 Å². The van der Waals surface area contributed by atoms with Crippen LogP contribution in [0.1, 0.15) is 10.4 Å². The van der Waals surface area contributed by atoms with Crippen molar-refractivity contribution in [2.75, 3.05) is 12.1 Å². The molecule has 1 amide bonds. The lowest BCUT2D eigenvalue weighted by molar-refractivity contribution is 0.102. The van der Waals surface area contributed by atoms with Gasteiger partial charge in [0.2, 0.25) is 6.79 Å². The van der Waals surface area contributed by atoms with Gasteiger partial charge in [-0.25, -0.2) is 0 Å². The fourth-order valence-corrected chi connectivity index (χ4v) is 2.46. The van der Waals surface area contributed by atoms with Gasteiger partial charge in [-0.3, -0.25) is 4.79 Å². The zero-order chi connectivity index (χ0) is 15.5. The summed E-state index contributed by atoms with van der Waals surface area (Å²) in [5, 5.41) is 2.70. The summed E-state index contributed by atoms with van der Waals surface area (Å²) < 4.78 is 34.9. The molecular formula is C15H11F2NO3S. The van der Waals surface area contributed by atoms with E-state index in [9.17, 15) is 13.6 Å². The molecule has 0 aromatic heterocycles. The maximum atomic E-state index is 12.2. The number of carbonyl (C=O) groups is 1. The molecule has 0 fully saturated rings. The summed E-state index contributed by atoms with van der Waals surface area (Å²) in [5.74, 6) is -1.65. The van der Waals surface area contributed by atoms with Crippen molar-refractivity contribution in [3.05, 3.63) is 48.0 Å². The standard InChI is InChI=1S/C15H11F2NO3S/c16-15(17)22-11-4-2-10(3-5-11)18-14(19)9-1-6-12-13(7-9)21-8-20-12/h1-7,15H,8H2,(H,18,19). The predicted molar refractivity (Wildman–Crippen MR) is 78.8 cm³/mol. The van der Waals surface area contributed by atoms with Crippen LogP contribution in [0.5, 0.6) is 11.5 Å². The highest BCUT2D eigenvalue weighted by atomic mass is 32.2. The molecule has 0 aliphatic carbocycles. The lowest BCUT2D eigenvalue weighted by Gasteiger charge is -2.07. The Morgan fingerprint density at radius 1 is 1.09 bits per heavy atom. The molecule has 3 rings (SSSR count). The Kier molecular flexibility index (Phi) is 4.15. The molecule has 1 aliphatic rings. The molecule has 4 nitrogen and oxygen atoms in total. The third-order valence-electron chi connectivity index (χ3n) is 2.97. The molecule has 0 atom stereocenters. The number of alkyl halides is 2. The lowest BCUT2D eigenvalue weighted by Crippen LogP contribution is -2.11. The summed E-state index contributed by atoms with van der Waals surface area (Å²) in [6.07, 6.45) is 0. The zero-order valence-electron chi connectivity index (χ0n) is 11.2. The van der Waals surface area contributed by atoms with Crippen LogP contribution in [0, 0.1) is 0 Å². The molecule has 1 aliphatic heterocycles. The maximum absolute atomic E-state index is 12.2. The van der Waals surface area contributed by atoms with Crippen LogP contribution in [-0.4, -0.2) is 18.5 Å². The number of halogens is 2. The quantitative estimate of drug-likeness (QED) is 0.865. The van der Waals surface area contributed by atoms with Crippen LogP contribution in [0.25, 0.3) is 0 Å². The largest absolute Gasteiger partial charge is 0.454 e. The highest BCUT2D eigenvalue weighted by Crippen LogP contribution is 2.32. The lowest BCUT2D eigenvalue weighted by atomic mass is 10.2. The topological polar surface area (TPSA) is 47.6 Å². The van der Waals surface area contributed by atoms with Crippen molar-refractivity contribution in [3.8, 4) is 11.5 Å². The van der Waals surface area contributed by atoms with E-state index in [4.69, 9.17) is 9.47 Å². The normalized spacial score (nSPS) is 12.5. The summed E-state index contributed by atoms with van der Waals surface area (Å²) in [6, 6.07) is 11.1. The number of anilines is 1. The fourth-order valence-electron chi connectivity index (χ4n) is 1.96. The van der Waals surface area contributed by atoms with E-state index in [0.29, 0.717) is 39.4 Å². The second kappa shape index (κ2) is 6.23. The van der Waals surface area contributed by atoms with E-state index in [2.05, 4.69) is 5.32 Å². The number of amides is 1. The van der Waals surface area contributed by atoms with Crippen molar-refractivity contribution < 1.29 is 23.0 Å². The first-order chi connectivity index (χ1) is 10.6. The molecule has 0 saturated heterocycles. The van der Waals surface area contributed by atoms with Gasteiger partial charge in [0.15, 0.2) is 11.5 Å². The van der Waals surface area contributed by atoms with Gasteiger partial charge in [0, 0.05) is 16.1 Å². The van der Waals surface area contributed by atoms with Crippen molar-refractivity contribution in [1.82, 2.24) is 0 Å². The van der Waals surface area contributed by atoms with Crippen LogP contribution in [0.3, 0.4) is 0 Å². The van der Waals surface area contributed by atoms with Gasteiger partial charge < -0.3 is 14.8 Å². The first-order valence-corrected chi connectivity index (χ1v) is 7.26. The van der Waals surface area contributed by atoms with Gasteiger partial charge in [0.05, 0.1) is 0 Å². The molecule has 0 saturated carbocycles. The van der Waals surface area contributed by atoms with Crippen molar-refractivity contribution >= 4 is 23.4 Å². The van der Waals surface area contributed by atoms with Gasteiger partial charge in [-0.05, 0) is 42.5 Å². The number of thioether (sulfide) groups is 1. The summed E-state index contributed by atoms with van der Waals surface area (Å²) in [5.41, 5.74) is 0.955. The molecule has 1 heterocycles. The van der Waals surface area contributed by atoms with E-state index in [1.54, 1.807) is 30.3 Å². The summed E-state index contributed by atoms with van der Waals surface area (Å²) in [4.78, 5) is 12.6. The Labute approximate surface area is 129 Å². The molecule has 7 heteroatoms. The number of nitrogens with one attached hydrogen (secondary N) is 1. The van der Waals surface area contributed by atoms with Crippen LogP contribution < -0.4 is 14.8 Å². The number of hydrogen-bond acceptors (Lipinski definition) is 4. The van der Waals surface area contributed by atoms with Crippen LogP contribution in [0.15, 0.2) is 47.4 Å². The highest BCUT2D eigenvalue weighted by molar-refractivity contribution is 7.99. The van der Waals surface area contributed by atoms with E-state index < -0.39 is 5.76 Å². The molecule has 22 heavy (non-hydrogen) atoms.